The highest BCUT2D eigenvalue weighted by Gasteiger charge is 1.99. The largest absolute Gasteiger partial charge is 0.482 e. The average molecular weight is 191 g/mol. The number of hydrogen-bond donors (Lipinski definition) is 1. The normalized spacial score (nSPS) is 9.07. The van der Waals surface area contributed by atoms with Gasteiger partial charge in [0.25, 0.3) is 0 Å². The minimum atomic E-state index is -1.02. The van der Waals surface area contributed by atoms with Gasteiger partial charge in [0, 0.05) is 0 Å². The lowest BCUT2D eigenvalue weighted by Gasteiger charge is -2.03. The summed E-state index contributed by atoms with van der Waals surface area (Å²) < 4.78 is 4.95. The Labute approximate surface area is 81.4 Å². The summed E-state index contributed by atoms with van der Waals surface area (Å²) in [6.45, 7) is -0.365. The first-order valence-corrected chi connectivity index (χ1v) is 4.03. The third kappa shape index (κ3) is 3.15. The smallest absolute Gasteiger partial charge is 0.341 e. The summed E-state index contributed by atoms with van der Waals surface area (Å²) in [7, 11) is 0. The van der Waals surface area contributed by atoms with Gasteiger partial charge in [-0.05, 0) is 17.7 Å². The van der Waals surface area contributed by atoms with Gasteiger partial charge >= 0.3 is 5.97 Å². The number of ether oxygens (including phenoxy) is 1. The number of rotatable bonds is 4. The number of nitriles is 1. The summed E-state index contributed by atoms with van der Waals surface area (Å²) in [5.74, 6) is -0.546. The Bertz CT molecular complexity index is 368. The van der Waals surface area contributed by atoms with E-state index >= 15 is 0 Å². The molecule has 0 spiro atoms. The van der Waals surface area contributed by atoms with Crippen LogP contribution in [-0.2, 0) is 11.2 Å². The van der Waals surface area contributed by atoms with Crippen molar-refractivity contribution in [2.75, 3.05) is 6.61 Å². The van der Waals surface area contributed by atoms with Crippen molar-refractivity contribution < 1.29 is 14.6 Å². The molecule has 1 aromatic carbocycles. The highest BCUT2D eigenvalue weighted by atomic mass is 16.5. The van der Waals surface area contributed by atoms with E-state index in [1.54, 1.807) is 24.3 Å². The lowest BCUT2D eigenvalue weighted by molar-refractivity contribution is -0.139. The van der Waals surface area contributed by atoms with Crippen molar-refractivity contribution in [3.05, 3.63) is 29.8 Å². The predicted octanol–water partition coefficient (Wildman–Crippen LogP) is 1.22. The number of carbonyl (C=O) groups is 1. The zero-order valence-electron chi connectivity index (χ0n) is 7.43. The molecule has 4 heteroatoms. The molecule has 4 nitrogen and oxygen atoms in total. The fourth-order valence-corrected chi connectivity index (χ4v) is 0.982. The Morgan fingerprint density at radius 1 is 1.57 bits per heavy atom. The van der Waals surface area contributed by atoms with Crippen molar-refractivity contribution in [3.63, 3.8) is 0 Å². The van der Waals surface area contributed by atoms with Crippen molar-refractivity contribution in [1.29, 1.82) is 5.26 Å². The number of carboxylic acid groups (broad SMARTS) is 1. The molecule has 0 fully saturated rings. The molecule has 1 rings (SSSR count). The van der Waals surface area contributed by atoms with E-state index in [1.807, 2.05) is 6.07 Å². The van der Waals surface area contributed by atoms with Crippen LogP contribution >= 0.6 is 0 Å². The van der Waals surface area contributed by atoms with Gasteiger partial charge in [-0.2, -0.15) is 5.26 Å². The molecular weight excluding hydrogens is 182 g/mol. The first-order chi connectivity index (χ1) is 6.72. The van der Waals surface area contributed by atoms with Gasteiger partial charge < -0.3 is 9.84 Å². The first-order valence-electron chi connectivity index (χ1n) is 4.03. The summed E-state index contributed by atoms with van der Waals surface area (Å²) in [4.78, 5) is 10.2. The maximum atomic E-state index is 10.2. The van der Waals surface area contributed by atoms with Gasteiger partial charge in [-0.1, -0.05) is 12.1 Å². The molecule has 1 aromatic rings. The molecule has 1 N–H and O–H groups in total. The Kier molecular flexibility index (Phi) is 3.50. The molecule has 0 bridgehead atoms. The van der Waals surface area contributed by atoms with E-state index in [2.05, 4.69) is 0 Å². The molecular formula is C10H9NO3. The summed E-state index contributed by atoms with van der Waals surface area (Å²) in [5.41, 5.74) is 0.815. The fourth-order valence-electron chi connectivity index (χ4n) is 0.982. The van der Waals surface area contributed by atoms with E-state index in [9.17, 15) is 4.79 Å². The second kappa shape index (κ2) is 4.87. The molecule has 0 amide bonds. The van der Waals surface area contributed by atoms with Gasteiger partial charge in [-0.3, -0.25) is 0 Å². The molecule has 0 aliphatic carbocycles. The standard InChI is InChI=1S/C10H9NO3/c11-5-4-8-2-1-3-9(6-8)14-7-10(12)13/h1-3,6H,4,7H2,(H,12,13). The van der Waals surface area contributed by atoms with E-state index in [1.165, 1.54) is 0 Å². The number of nitrogens with zero attached hydrogens (tertiary/aromatic N) is 1. The van der Waals surface area contributed by atoms with E-state index in [-0.39, 0.29) is 6.61 Å². The van der Waals surface area contributed by atoms with Crippen molar-refractivity contribution in [3.8, 4) is 11.8 Å². The quantitative estimate of drug-likeness (QED) is 0.776. The van der Waals surface area contributed by atoms with Crippen LogP contribution in [-0.4, -0.2) is 17.7 Å². The van der Waals surface area contributed by atoms with Crippen LogP contribution in [0.25, 0.3) is 0 Å². The van der Waals surface area contributed by atoms with E-state index < -0.39 is 5.97 Å². The van der Waals surface area contributed by atoms with Crippen molar-refractivity contribution in [1.82, 2.24) is 0 Å². The van der Waals surface area contributed by atoms with Gasteiger partial charge in [-0.15, -0.1) is 0 Å². The number of aliphatic carboxylic acids is 1. The van der Waals surface area contributed by atoms with Crippen LogP contribution in [0.15, 0.2) is 24.3 Å². The Balaban J connectivity index is 2.64. The third-order valence-electron chi connectivity index (χ3n) is 1.54. The molecule has 72 valence electrons. The highest BCUT2D eigenvalue weighted by molar-refractivity contribution is 5.68. The second-order valence-corrected chi connectivity index (χ2v) is 2.66. The van der Waals surface area contributed by atoms with Crippen LogP contribution in [0.5, 0.6) is 5.75 Å². The van der Waals surface area contributed by atoms with Crippen molar-refractivity contribution >= 4 is 5.97 Å². The molecule has 0 unspecified atom stereocenters. The summed E-state index contributed by atoms with van der Waals surface area (Å²) in [6.07, 6.45) is 0.296. The topological polar surface area (TPSA) is 70.3 Å². The maximum Gasteiger partial charge on any atom is 0.341 e. The van der Waals surface area contributed by atoms with Crippen LogP contribution in [0.4, 0.5) is 0 Å². The molecule has 14 heavy (non-hydrogen) atoms. The minimum absolute atomic E-state index is 0.296. The monoisotopic (exact) mass is 191 g/mol. The average Bonchev–Trinajstić information content (AvgIpc) is 2.16. The number of benzene rings is 1. The van der Waals surface area contributed by atoms with Gasteiger partial charge in [0.15, 0.2) is 6.61 Å². The van der Waals surface area contributed by atoms with Crippen molar-refractivity contribution in [2.45, 2.75) is 6.42 Å². The fraction of sp³-hybridized carbons (Fsp3) is 0.200. The zero-order valence-corrected chi connectivity index (χ0v) is 7.43. The third-order valence-corrected chi connectivity index (χ3v) is 1.54. The molecule has 0 heterocycles. The van der Waals surface area contributed by atoms with Crippen LogP contribution in [0.3, 0.4) is 0 Å². The molecule has 0 aromatic heterocycles. The van der Waals surface area contributed by atoms with Crippen LogP contribution in [0.1, 0.15) is 5.56 Å². The zero-order chi connectivity index (χ0) is 10.4. The highest BCUT2D eigenvalue weighted by Crippen LogP contribution is 2.13. The number of hydrogen-bond acceptors (Lipinski definition) is 3. The van der Waals surface area contributed by atoms with Crippen LogP contribution in [0.2, 0.25) is 0 Å². The van der Waals surface area contributed by atoms with Crippen molar-refractivity contribution in [2.24, 2.45) is 0 Å². The van der Waals surface area contributed by atoms with E-state index in [0.29, 0.717) is 12.2 Å². The molecule has 0 aliphatic heterocycles. The maximum absolute atomic E-state index is 10.2. The summed E-state index contributed by atoms with van der Waals surface area (Å²) >= 11 is 0. The Morgan fingerprint density at radius 2 is 2.36 bits per heavy atom. The van der Waals surface area contributed by atoms with Gasteiger partial charge in [0.05, 0.1) is 12.5 Å². The SMILES string of the molecule is N#CCc1cccc(OCC(=O)O)c1. The Hall–Kier alpha value is -2.02. The first kappa shape index (κ1) is 10.1. The molecule has 0 aliphatic rings. The van der Waals surface area contributed by atoms with Crippen LogP contribution in [0, 0.1) is 11.3 Å². The molecule has 0 atom stereocenters. The molecule has 0 saturated heterocycles. The number of carboxylic acids is 1. The van der Waals surface area contributed by atoms with Gasteiger partial charge in [0.1, 0.15) is 5.75 Å². The van der Waals surface area contributed by atoms with Gasteiger partial charge in [0.2, 0.25) is 0 Å². The summed E-state index contributed by atoms with van der Waals surface area (Å²) in [5, 5.41) is 16.8. The molecule has 0 radical (unpaired) electrons. The molecule has 0 saturated carbocycles. The van der Waals surface area contributed by atoms with E-state index in [4.69, 9.17) is 15.1 Å². The lowest BCUT2D eigenvalue weighted by Crippen LogP contribution is -2.09. The van der Waals surface area contributed by atoms with Crippen LogP contribution < -0.4 is 4.74 Å². The minimum Gasteiger partial charge on any atom is -0.482 e. The van der Waals surface area contributed by atoms with Gasteiger partial charge in [-0.25, -0.2) is 4.79 Å². The second-order valence-electron chi connectivity index (χ2n) is 2.66. The lowest BCUT2D eigenvalue weighted by atomic mass is 10.2. The Morgan fingerprint density at radius 3 is 3.00 bits per heavy atom. The predicted molar refractivity (Wildman–Crippen MR) is 48.9 cm³/mol. The van der Waals surface area contributed by atoms with E-state index in [0.717, 1.165) is 5.56 Å². The summed E-state index contributed by atoms with van der Waals surface area (Å²) in [6, 6.07) is 8.83.